The lowest BCUT2D eigenvalue weighted by atomic mass is 10.0. The summed E-state index contributed by atoms with van der Waals surface area (Å²) in [5.74, 6) is 2.55. The molecule has 2 aromatic rings. The zero-order valence-electron chi connectivity index (χ0n) is 18.1. The summed E-state index contributed by atoms with van der Waals surface area (Å²) in [5.41, 5.74) is 4.72. The van der Waals surface area contributed by atoms with Crippen LogP contribution in [0.5, 0.6) is 11.5 Å². The highest BCUT2D eigenvalue weighted by Gasteiger charge is 2.24. The van der Waals surface area contributed by atoms with Gasteiger partial charge in [0.25, 0.3) is 11.8 Å². The molecular weight excluding hydrogens is 394 g/mol. The first kappa shape index (κ1) is 23.5. The fraction of sp³-hybridized carbons (Fsp3) is 0.292. The third-order valence-electron chi connectivity index (χ3n) is 4.44. The summed E-state index contributed by atoms with van der Waals surface area (Å²) in [6.45, 7) is 5.77. The number of methoxy groups -OCH3 is 1. The van der Waals surface area contributed by atoms with Gasteiger partial charge in [-0.25, -0.2) is 5.43 Å². The second-order valence-electron chi connectivity index (χ2n) is 7.20. The molecule has 31 heavy (non-hydrogen) atoms. The highest BCUT2D eigenvalue weighted by Crippen LogP contribution is 2.27. The average molecular weight is 421 g/mol. The summed E-state index contributed by atoms with van der Waals surface area (Å²) in [6.07, 6.45) is 6.68. The van der Waals surface area contributed by atoms with E-state index in [1.165, 1.54) is 13.3 Å². The first-order valence-electron chi connectivity index (χ1n) is 9.80. The smallest absolute Gasteiger partial charge is 0.262 e. The predicted molar refractivity (Wildman–Crippen MR) is 120 cm³/mol. The normalized spacial score (nSPS) is 11.6. The van der Waals surface area contributed by atoms with Crippen LogP contribution in [-0.4, -0.2) is 37.8 Å². The molecule has 0 fully saturated rings. The van der Waals surface area contributed by atoms with Gasteiger partial charge in [0.15, 0.2) is 11.5 Å². The van der Waals surface area contributed by atoms with Crippen LogP contribution in [0.1, 0.15) is 35.3 Å². The highest BCUT2D eigenvalue weighted by atomic mass is 16.5. The Bertz CT molecular complexity index is 975. The number of hydrazone groups is 1. The van der Waals surface area contributed by atoms with E-state index in [1.54, 1.807) is 30.3 Å². The molecule has 0 heterocycles. The van der Waals surface area contributed by atoms with E-state index in [0.29, 0.717) is 22.6 Å². The summed E-state index contributed by atoms with van der Waals surface area (Å²) in [4.78, 5) is 25.1. The van der Waals surface area contributed by atoms with Crippen molar-refractivity contribution in [2.45, 2.75) is 26.8 Å². The Kier molecular flexibility index (Phi) is 8.64. The van der Waals surface area contributed by atoms with Crippen LogP contribution >= 0.6 is 0 Å². The fourth-order valence-electron chi connectivity index (χ4n) is 2.71. The summed E-state index contributed by atoms with van der Waals surface area (Å²) in [7, 11) is 1.52. The topological polar surface area (TPSA) is 89.0 Å². The summed E-state index contributed by atoms with van der Waals surface area (Å²) < 4.78 is 10.7. The lowest BCUT2D eigenvalue weighted by Crippen LogP contribution is -2.48. The van der Waals surface area contributed by atoms with Crippen LogP contribution in [0.4, 0.5) is 0 Å². The standard InChI is InChI=1S/C24H27N3O4/c1-6-13-31-20-12-9-18(14-21(20)30-5)15-25-27-24(29)22(16(2)3)26-23(28)19-10-7-17(4)8-11-19/h1,7-12,14-16,22H,13H2,2-5H3,(H,26,28)(H,27,29)/b25-15-/t22-/m1/s1. The Hall–Kier alpha value is -3.79. The zero-order valence-corrected chi connectivity index (χ0v) is 18.1. The molecule has 0 saturated heterocycles. The second kappa shape index (κ2) is 11.4. The van der Waals surface area contributed by atoms with Crippen LogP contribution in [0, 0.1) is 25.2 Å². The number of hydrogen-bond donors (Lipinski definition) is 2. The van der Waals surface area contributed by atoms with Gasteiger partial charge in [0, 0.05) is 5.56 Å². The minimum absolute atomic E-state index is 0.128. The molecule has 162 valence electrons. The van der Waals surface area contributed by atoms with Gasteiger partial charge in [0.05, 0.1) is 13.3 Å². The molecule has 0 aliphatic carbocycles. The van der Waals surface area contributed by atoms with Crippen LogP contribution in [0.25, 0.3) is 0 Å². The van der Waals surface area contributed by atoms with Gasteiger partial charge in [0.1, 0.15) is 12.6 Å². The van der Waals surface area contributed by atoms with Crippen molar-refractivity contribution in [2.24, 2.45) is 11.0 Å². The molecule has 2 rings (SSSR count). The second-order valence-corrected chi connectivity index (χ2v) is 7.20. The molecule has 2 N–H and O–H groups in total. The molecule has 2 amide bonds. The molecule has 0 aliphatic heterocycles. The van der Waals surface area contributed by atoms with Gasteiger partial charge in [-0.05, 0) is 48.7 Å². The van der Waals surface area contributed by atoms with Gasteiger partial charge in [0.2, 0.25) is 0 Å². The van der Waals surface area contributed by atoms with Crippen LogP contribution in [0.15, 0.2) is 47.6 Å². The van der Waals surface area contributed by atoms with Gasteiger partial charge in [-0.15, -0.1) is 6.42 Å². The number of nitrogens with one attached hydrogen (secondary N) is 2. The van der Waals surface area contributed by atoms with Crippen molar-refractivity contribution in [1.29, 1.82) is 0 Å². The molecule has 0 aliphatic rings. The Morgan fingerprint density at radius 2 is 1.87 bits per heavy atom. The van der Waals surface area contributed by atoms with Crippen molar-refractivity contribution in [3.05, 3.63) is 59.2 Å². The van der Waals surface area contributed by atoms with Crippen molar-refractivity contribution >= 4 is 18.0 Å². The zero-order chi connectivity index (χ0) is 22.8. The van der Waals surface area contributed by atoms with E-state index < -0.39 is 11.9 Å². The number of benzene rings is 2. The molecular formula is C24H27N3O4. The number of hydrogen-bond acceptors (Lipinski definition) is 5. The quantitative estimate of drug-likeness (QED) is 0.370. The number of nitrogens with zero attached hydrogens (tertiary/aromatic N) is 1. The average Bonchev–Trinajstić information content (AvgIpc) is 2.76. The van der Waals surface area contributed by atoms with Gasteiger partial charge in [-0.1, -0.05) is 37.5 Å². The summed E-state index contributed by atoms with van der Waals surface area (Å²) in [5, 5.41) is 6.77. The largest absolute Gasteiger partial charge is 0.493 e. The van der Waals surface area contributed by atoms with Gasteiger partial charge in [-0.2, -0.15) is 5.10 Å². The molecule has 0 spiro atoms. The SMILES string of the molecule is C#CCOc1ccc(/C=N\NC(=O)[C@H](NC(=O)c2ccc(C)cc2)C(C)C)cc1OC. The molecule has 0 bridgehead atoms. The van der Waals surface area contributed by atoms with Gasteiger partial charge in [-0.3, -0.25) is 9.59 Å². The van der Waals surface area contributed by atoms with Crippen molar-refractivity contribution < 1.29 is 19.1 Å². The number of ether oxygens (including phenoxy) is 2. The number of amides is 2. The van der Waals surface area contributed by atoms with Crippen LogP contribution in [0.3, 0.4) is 0 Å². The number of terminal acetylenes is 1. The minimum atomic E-state index is -0.736. The van der Waals surface area contributed by atoms with Crippen molar-refractivity contribution in [3.63, 3.8) is 0 Å². The Morgan fingerprint density at radius 3 is 2.48 bits per heavy atom. The molecule has 1 atom stereocenters. The van der Waals surface area contributed by atoms with E-state index >= 15 is 0 Å². The predicted octanol–water partition coefficient (Wildman–Crippen LogP) is 2.92. The van der Waals surface area contributed by atoms with E-state index in [-0.39, 0.29) is 18.4 Å². The molecule has 7 nitrogen and oxygen atoms in total. The van der Waals surface area contributed by atoms with Crippen LogP contribution in [0.2, 0.25) is 0 Å². The van der Waals surface area contributed by atoms with E-state index in [4.69, 9.17) is 15.9 Å². The number of carbonyl (C=O) groups is 2. The van der Waals surface area contributed by atoms with Crippen molar-refractivity contribution in [2.75, 3.05) is 13.7 Å². The lowest BCUT2D eigenvalue weighted by molar-refractivity contribution is -0.123. The maximum absolute atomic E-state index is 12.6. The lowest BCUT2D eigenvalue weighted by Gasteiger charge is -2.20. The Labute approximate surface area is 182 Å². The maximum atomic E-state index is 12.6. The first-order chi connectivity index (χ1) is 14.8. The summed E-state index contributed by atoms with van der Waals surface area (Å²) >= 11 is 0. The van der Waals surface area contributed by atoms with Crippen molar-refractivity contribution in [3.8, 4) is 23.8 Å². The minimum Gasteiger partial charge on any atom is -0.493 e. The van der Waals surface area contributed by atoms with Gasteiger partial charge < -0.3 is 14.8 Å². The number of rotatable bonds is 9. The van der Waals surface area contributed by atoms with Crippen LogP contribution in [-0.2, 0) is 4.79 Å². The van der Waals surface area contributed by atoms with E-state index in [0.717, 1.165) is 5.56 Å². The fourth-order valence-corrected chi connectivity index (χ4v) is 2.71. The Morgan fingerprint density at radius 1 is 1.16 bits per heavy atom. The maximum Gasteiger partial charge on any atom is 0.262 e. The molecule has 0 radical (unpaired) electrons. The number of aryl methyl sites for hydroxylation is 1. The Balaban J connectivity index is 2.02. The molecule has 7 heteroatoms. The molecule has 0 saturated carbocycles. The first-order valence-corrected chi connectivity index (χ1v) is 9.80. The van der Waals surface area contributed by atoms with E-state index in [9.17, 15) is 9.59 Å². The number of carbonyl (C=O) groups excluding carboxylic acids is 2. The molecule has 0 unspecified atom stereocenters. The molecule has 2 aromatic carbocycles. The highest BCUT2D eigenvalue weighted by molar-refractivity contribution is 5.97. The summed E-state index contributed by atoms with van der Waals surface area (Å²) in [6, 6.07) is 11.6. The van der Waals surface area contributed by atoms with E-state index in [1.807, 2.05) is 32.9 Å². The molecule has 0 aromatic heterocycles. The van der Waals surface area contributed by atoms with Crippen molar-refractivity contribution in [1.82, 2.24) is 10.7 Å². The monoisotopic (exact) mass is 421 g/mol. The third kappa shape index (κ3) is 6.89. The third-order valence-corrected chi connectivity index (χ3v) is 4.44. The van der Waals surface area contributed by atoms with Crippen LogP contribution < -0.4 is 20.2 Å². The van der Waals surface area contributed by atoms with Gasteiger partial charge >= 0.3 is 0 Å². The van der Waals surface area contributed by atoms with E-state index in [2.05, 4.69) is 21.8 Å².